The van der Waals surface area contributed by atoms with Crippen LogP contribution in [0.1, 0.15) is 502 Å². The topological polar surface area (TPSA) is 95.9 Å². The Morgan fingerprint density at radius 3 is 0.755 bits per heavy atom. The summed E-state index contributed by atoms with van der Waals surface area (Å²) in [7, 11) is 0. The van der Waals surface area contributed by atoms with Gasteiger partial charge in [-0.3, -0.25) is 9.59 Å². The Morgan fingerprint density at radius 2 is 0.500 bits per heavy atom. The Bertz CT molecular complexity index is 1480. The van der Waals surface area contributed by atoms with Gasteiger partial charge in [-0.1, -0.05) is 456 Å². The molecule has 6 heteroatoms. The lowest BCUT2D eigenvalue weighted by molar-refractivity contribution is -0.143. The largest absolute Gasteiger partial charge is 0.466 e. The molecule has 0 aliphatic heterocycles. The fourth-order valence-electron chi connectivity index (χ4n) is 14.1. The zero-order valence-corrected chi connectivity index (χ0v) is 64.2. The number of esters is 1. The van der Waals surface area contributed by atoms with Gasteiger partial charge in [-0.2, -0.15) is 0 Å². The number of nitrogens with one attached hydrogen (secondary N) is 1. The molecule has 0 saturated carbocycles. The first-order valence-corrected chi connectivity index (χ1v) is 43.6. The number of aliphatic hydroxyl groups excluding tert-OH is 2. The van der Waals surface area contributed by atoms with E-state index in [1.54, 1.807) is 6.08 Å². The zero-order valence-electron chi connectivity index (χ0n) is 64.2. The van der Waals surface area contributed by atoms with Crippen LogP contribution >= 0.6 is 0 Å². The van der Waals surface area contributed by atoms with Crippen molar-refractivity contribution in [2.24, 2.45) is 0 Å². The molecule has 6 nitrogen and oxygen atoms in total. The molecular formula is C88H171NO5. The van der Waals surface area contributed by atoms with E-state index in [1.165, 1.54) is 437 Å². The predicted molar refractivity (Wildman–Crippen MR) is 417 cm³/mol. The maximum absolute atomic E-state index is 12.6. The molecule has 558 valence electrons. The minimum absolute atomic E-state index is 0.0224. The average molecular weight is 1320 g/mol. The molecular weight excluding hydrogens is 1150 g/mol. The molecule has 0 bridgehead atoms. The van der Waals surface area contributed by atoms with E-state index in [0.29, 0.717) is 19.4 Å². The van der Waals surface area contributed by atoms with Gasteiger partial charge in [-0.25, -0.2) is 0 Å². The number of amides is 1. The van der Waals surface area contributed by atoms with Crippen LogP contribution in [0.5, 0.6) is 0 Å². The van der Waals surface area contributed by atoms with Crippen molar-refractivity contribution in [1.82, 2.24) is 5.32 Å². The maximum Gasteiger partial charge on any atom is 0.305 e. The summed E-state index contributed by atoms with van der Waals surface area (Å²) in [6.07, 6.45) is 109. The smallest absolute Gasteiger partial charge is 0.305 e. The van der Waals surface area contributed by atoms with Gasteiger partial charge in [0.25, 0.3) is 0 Å². The van der Waals surface area contributed by atoms with E-state index in [4.69, 9.17) is 4.74 Å². The normalized spacial score (nSPS) is 12.5. The molecule has 0 aromatic heterocycles. The second-order valence-corrected chi connectivity index (χ2v) is 30.2. The number of ether oxygens (including phenoxy) is 1. The second-order valence-electron chi connectivity index (χ2n) is 30.2. The van der Waals surface area contributed by atoms with E-state index in [9.17, 15) is 19.8 Å². The Labute approximate surface area is 590 Å². The first kappa shape index (κ1) is 92.3. The highest BCUT2D eigenvalue weighted by molar-refractivity contribution is 5.76. The van der Waals surface area contributed by atoms with Gasteiger partial charge >= 0.3 is 5.97 Å². The molecule has 0 saturated heterocycles. The van der Waals surface area contributed by atoms with Crippen LogP contribution in [0.4, 0.5) is 0 Å². The minimum atomic E-state index is -0.843. The van der Waals surface area contributed by atoms with Crippen molar-refractivity contribution in [3.63, 3.8) is 0 Å². The molecule has 0 heterocycles. The van der Waals surface area contributed by atoms with Gasteiger partial charge in [0.05, 0.1) is 25.4 Å². The van der Waals surface area contributed by atoms with Gasteiger partial charge in [0.15, 0.2) is 0 Å². The number of unbranched alkanes of at least 4 members (excludes halogenated alkanes) is 70. The summed E-state index contributed by atoms with van der Waals surface area (Å²) in [5.74, 6) is -0.0347. The lowest BCUT2D eigenvalue weighted by atomic mass is 10.0. The van der Waals surface area contributed by atoms with Crippen molar-refractivity contribution in [3.8, 4) is 0 Å². The van der Waals surface area contributed by atoms with E-state index in [1.807, 2.05) is 6.08 Å². The van der Waals surface area contributed by atoms with Gasteiger partial charge in [-0.15, -0.1) is 0 Å². The lowest BCUT2D eigenvalue weighted by Crippen LogP contribution is -2.45. The monoisotopic (exact) mass is 1320 g/mol. The summed E-state index contributed by atoms with van der Waals surface area (Å²) < 4.78 is 5.52. The fourth-order valence-corrected chi connectivity index (χ4v) is 14.1. The van der Waals surface area contributed by atoms with Crippen LogP contribution in [-0.2, 0) is 14.3 Å². The Balaban J connectivity index is 3.33. The quantitative estimate of drug-likeness (QED) is 0.0320. The summed E-state index contributed by atoms with van der Waals surface area (Å²) in [5.41, 5.74) is 0. The van der Waals surface area contributed by atoms with Crippen molar-refractivity contribution in [2.75, 3.05) is 13.2 Å². The van der Waals surface area contributed by atoms with E-state index in [-0.39, 0.29) is 18.5 Å². The highest BCUT2D eigenvalue weighted by atomic mass is 16.5. The zero-order chi connectivity index (χ0) is 67.7. The predicted octanol–water partition coefficient (Wildman–Crippen LogP) is 29.2. The van der Waals surface area contributed by atoms with Crippen LogP contribution in [0.15, 0.2) is 24.3 Å². The van der Waals surface area contributed by atoms with Gasteiger partial charge in [-0.05, 0) is 57.8 Å². The number of hydrogen-bond donors (Lipinski definition) is 3. The van der Waals surface area contributed by atoms with E-state index < -0.39 is 12.1 Å². The van der Waals surface area contributed by atoms with Crippen LogP contribution in [0.25, 0.3) is 0 Å². The van der Waals surface area contributed by atoms with E-state index >= 15 is 0 Å². The third kappa shape index (κ3) is 79.3. The standard InChI is InChI=1S/C88H171NO5/c1-3-5-7-9-11-13-15-17-19-21-23-24-25-35-38-41-45-48-52-56-60-64-68-72-76-80-86(91)85(84-90)89-87(92)81-77-73-69-65-61-57-53-49-46-42-39-36-33-31-29-27-26-28-30-32-34-37-40-43-47-51-55-59-63-67-71-75-79-83-94-88(93)82-78-74-70-66-62-58-54-50-44-22-20-18-16-14-12-10-8-6-4-2/h18,20,76,80,85-86,90-91H,3-17,19,21-75,77-79,81-84H2,1-2H3,(H,89,92)/b20-18-,80-76+. The van der Waals surface area contributed by atoms with Crippen LogP contribution in [0.2, 0.25) is 0 Å². The highest BCUT2D eigenvalue weighted by Crippen LogP contribution is 2.21. The summed E-state index contributed by atoms with van der Waals surface area (Å²) in [6, 6.07) is -0.626. The van der Waals surface area contributed by atoms with Crippen LogP contribution < -0.4 is 5.32 Å². The second kappa shape index (κ2) is 83.8. The lowest BCUT2D eigenvalue weighted by Gasteiger charge is -2.20. The number of carbonyl (C=O) groups excluding carboxylic acids is 2. The van der Waals surface area contributed by atoms with Crippen molar-refractivity contribution >= 4 is 11.9 Å². The van der Waals surface area contributed by atoms with Crippen LogP contribution in [-0.4, -0.2) is 47.4 Å². The maximum atomic E-state index is 12.6. The molecule has 0 radical (unpaired) electrons. The molecule has 0 fully saturated rings. The molecule has 0 spiro atoms. The SMILES string of the molecule is CCCCCCCC/C=C\CCCCCCCCCCCC(=O)OCCCCCCCCCCCCCCCCCCCCCCCCCCCCCCCCCCCC(=O)NC(CO)C(O)/C=C/CCCCCCCCCCCCCCCCCCCCCCCCC. The van der Waals surface area contributed by atoms with Crippen molar-refractivity contribution < 1.29 is 24.5 Å². The van der Waals surface area contributed by atoms with Crippen molar-refractivity contribution in [1.29, 1.82) is 0 Å². The molecule has 0 aliphatic carbocycles. The van der Waals surface area contributed by atoms with Gasteiger partial charge < -0.3 is 20.3 Å². The molecule has 2 unspecified atom stereocenters. The minimum Gasteiger partial charge on any atom is -0.466 e. The number of carbonyl (C=O) groups is 2. The molecule has 2 atom stereocenters. The van der Waals surface area contributed by atoms with Crippen LogP contribution in [0.3, 0.4) is 0 Å². The van der Waals surface area contributed by atoms with E-state index in [0.717, 1.165) is 38.5 Å². The molecule has 0 aromatic rings. The Kier molecular flexibility index (Phi) is 82.3. The fraction of sp³-hybridized carbons (Fsp3) is 0.932. The third-order valence-electron chi connectivity index (χ3n) is 20.7. The van der Waals surface area contributed by atoms with Crippen molar-refractivity contribution in [3.05, 3.63) is 24.3 Å². The molecule has 0 aliphatic rings. The molecule has 1 amide bonds. The van der Waals surface area contributed by atoms with Crippen molar-refractivity contribution in [2.45, 2.75) is 514 Å². The summed E-state index contributed by atoms with van der Waals surface area (Å²) in [6.45, 7) is 4.97. The van der Waals surface area contributed by atoms with Gasteiger partial charge in [0.1, 0.15) is 0 Å². The Morgan fingerprint density at radius 1 is 0.287 bits per heavy atom. The molecule has 0 rings (SSSR count). The first-order valence-electron chi connectivity index (χ1n) is 43.6. The average Bonchev–Trinajstić information content (AvgIpc) is 3.70. The highest BCUT2D eigenvalue weighted by Gasteiger charge is 2.18. The first-order chi connectivity index (χ1) is 46.5. The Hall–Kier alpha value is -1.66. The number of hydrogen-bond acceptors (Lipinski definition) is 5. The van der Waals surface area contributed by atoms with E-state index in [2.05, 4.69) is 31.3 Å². The summed E-state index contributed by atoms with van der Waals surface area (Å²) in [4.78, 5) is 24.7. The third-order valence-corrected chi connectivity index (χ3v) is 20.7. The number of allylic oxidation sites excluding steroid dienone is 3. The molecule has 0 aromatic carbocycles. The summed E-state index contributed by atoms with van der Waals surface area (Å²) in [5, 5.41) is 23.3. The van der Waals surface area contributed by atoms with Crippen LogP contribution in [0, 0.1) is 0 Å². The number of aliphatic hydroxyl groups is 2. The van der Waals surface area contributed by atoms with Gasteiger partial charge in [0, 0.05) is 12.8 Å². The summed E-state index contributed by atoms with van der Waals surface area (Å²) >= 11 is 0. The molecule has 3 N–H and O–H groups in total. The van der Waals surface area contributed by atoms with Gasteiger partial charge in [0.2, 0.25) is 5.91 Å². The molecule has 94 heavy (non-hydrogen) atoms. The number of rotatable bonds is 83.